The predicted octanol–water partition coefficient (Wildman–Crippen LogP) is 2.30. The van der Waals surface area contributed by atoms with Crippen LogP contribution in [0, 0.1) is 12.8 Å². The van der Waals surface area contributed by atoms with E-state index in [1.54, 1.807) is 0 Å². The van der Waals surface area contributed by atoms with Gasteiger partial charge in [-0.1, -0.05) is 24.6 Å². The largest absolute Gasteiger partial charge is 0.357 e. The lowest BCUT2D eigenvalue weighted by Gasteiger charge is -2.28. The van der Waals surface area contributed by atoms with Gasteiger partial charge in [0.15, 0.2) is 5.43 Å². The standard InChI is InChI=1S/C17H21ClN2O/c1-11-5-4-8-20(9-11)10-14-12(2)19-16-13(17(14)21)6-3-7-15(16)18/h3,6-7,11H,4-5,8-10H2,1-2H3,(H,19,21)/p+1/t11-/m1/s1. The summed E-state index contributed by atoms with van der Waals surface area (Å²) in [7, 11) is 0. The lowest BCUT2D eigenvalue weighted by molar-refractivity contribution is -0.922. The van der Waals surface area contributed by atoms with Crippen molar-refractivity contribution in [2.24, 2.45) is 5.92 Å². The average molecular weight is 306 g/mol. The first-order valence-electron chi connectivity index (χ1n) is 7.70. The molecular formula is C17H22ClN2O+. The Morgan fingerprint density at radius 3 is 3.00 bits per heavy atom. The summed E-state index contributed by atoms with van der Waals surface area (Å²) in [6, 6.07) is 5.52. The van der Waals surface area contributed by atoms with Crippen LogP contribution in [0.4, 0.5) is 0 Å². The van der Waals surface area contributed by atoms with Gasteiger partial charge >= 0.3 is 0 Å². The van der Waals surface area contributed by atoms with Gasteiger partial charge in [-0.2, -0.15) is 0 Å². The van der Waals surface area contributed by atoms with Crippen LogP contribution in [0.2, 0.25) is 5.02 Å². The fraction of sp³-hybridized carbons (Fsp3) is 0.471. The Balaban J connectivity index is 2.01. The highest BCUT2D eigenvalue weighted by Gasteiger charge is 2.22. The second-order valence-electron chi connectivity index (χ2n) is 6.35. The summed E-state index contributed by atoms with van der Waals surface area (Å²) in [4.78, 5) is 17.6. The number of benzene rings is 1. The van der Waals surface area contributed by atoms with Gasteiger partial charge in [0.2, 0.25) is 0 Å². The molecule has 3 rings (SSSR count). The summed E-state index contributed by atoms with van der Waals surface area (Å²) in [5.41, 5.74) is 2.75. The first-order chi connectivity index (χ1) is 10.1. The number of aryl methyl sites for hydroxylation is 1. The maximum atomic E-state index is 12.8. The highest BCUT2D eigenvalue weighted by atomic mass is 35.5. The molecule has 1 aliphatic rings. The molecule has 1 saturated heterocycles. The zero-order valence-corrected chi connectivity index (χ0v) is 13.4. The number of H-pyrrole nitrogens is 1. The molecule has 2 atom stereocenters. The topological polar surface area (TPSA) is 37.3 Å². The molecule has 0 spiro atoms. The zero-order chi connectivity index (χ0) is 15.0. The van der Waals surface area contributed by atoms with Gasteiger partial charge in [-0.05, 0) is 31.9 Å². The molecule has 0 saturated carbocycles. The van der Waals surface area contributed by atoms with Gasteiger partial charge in [0, 0.05) is 17.0 Å². The zero-order valence-electron chi connectivity index (χ0n) is 12.6. The SMILES string of the molecule is Cc1[nH]c2c(Cl)cccc2c(=O)c1C[NH+]1CCC[C@@H](C)C1. The monoisotopic (exact) mass is 305 g/mol. The minimum Gasteiger partial charge on any atom is -0.357 e. The van der Waals surface area contributed by atoms with Crippen LogP contribution < -0.4 is 10.3 Å². The number of aromatic amines is 1. The Morgan fingerprint density at radius 1 is 1.43 bits per heavy atom. The summed E-state index contributed by atoms with van der Waals surface area (Å²) in [5, 5.41) is 1.31. The van der Waals surface area contributed by atoms with Crippen LogP contribution in [0.25, 0.3) is 10.9 Å². The third kappa shape index (κ3) is 2.85. The predicted molar refractivity (Wildman–Crippen MR) is 87.1 cm³/mol. The van der Waals surface area contributed by atoms with Crippen molar-refractivity contribution in [1.82, 2.24) is 4.98 Å². The quantitative estimate of drug-likeness (QED) is 0.878. The van der Waals surface area contributed by atoms with Gasteiger partial charge in [-0.3, -0.25) is 4.79 Å². The molecule has 0 radical (unpaired) electrons. The van der Waals surface area contributed by atoms with E-state index >= 15 is 0 Å². The first-order valence-corrected chi connectivity index (χ1v) is 8.07. The van der Waals surface area contributed by atoms with E-state index in [9.17, 15) is 4.79 Å². The van der Waals surface area contributed by atoms with Crippen LogP contribution in [0.1, 0.15) is 31.0 Å². The Hall–Kier alpha value is -1.32. The van der Waals surface area contributed by atoms with Crippen LogP contribution in [-0.2, 0) is 6.54 Å². The van der Waals surface area contributed by atoms with Crippen LogP contribution in [0.3, 0.4) is 0 Å². The lowest BCUT2D eigenvalue weighted by Crippen LogP contribution is -3.12. The van der Waals surface area contributed by atoms with E-state index < -0.39 is 0 Å². The fourth-order valence-electron chi connectivity index (χ4n) is 3.46. The summed E-state index contributed by atoms with van der Waals surface area (Å²) < 4.78 is 0. The van der Waals surface area contributed by atoms with Crippen LogP contribution in [-0.4, -0.2) is 18.1 Å². The highest BCUT2D eigenvalue weighted by Crippen LogP contribution is 2.20. The van der Waals surface area contributed by atoms with Crippen LogP contribution >= 0.6 is 11.6 Å². The molecule has 1 aliphatic heterocycles. The Morgan fingerprint density at radius 2 is 2.24 bits per heavy atom. The van der Waals surface area contributed by atoms with Crippen LogP contribution in [0.15, 0.2) is 23.0 Å². The molecule has 1 aromatic carbocycles. The minimum absolute atomic E-state index is 0.134. The van der Waals surface area contributed by atoms with Crippen molar-refractivity contribution >= 4 is 22.5 Å². The molecule has 2 aromatic rings. The van der Waals surface area contributed by atoms with Gasteiger partial charge in [0.25, 0.3) is 0 Å². The summed E-state index contributed by atoms with van der Waals surface area (Å²) in [6.45, 7) is 7.42. The molecule has 2 heterocycles. The van der Waals surface area contributed by atoms with Crippen molar-refractivity contribution < 1.29 is 4.90 Å². The maximum absolute atomic E-state index is 12.8. The molecule has 21 heavy (non-hydrogen) atoms. The average Bonchev–Trinajstić information content (AvgIpc) is 2.45. The normalized spacial score (nSPS) is 22.6. The van der Waals surface area contributed by atoms with Crippen LogP contribution in [0.5, 0.6) is 0 Å². The molecule has 1 aromatic heterocycles. The van der Waals surface area contributed by atoms with Gasteiger partial charge in [-0.15, -0.1) is 0 Å². The summed E-state index contributed by atoms with van der Waals surface area (Å²) in [6.07, 6.45) is 2.57. The minimum atomic E-state index is 0.134. The molecule has 3 nitrogen and oxygen atoms in total. The number of hydrogen-bond acceptors (Lipinski definition) is 1. The number of pyridine rings is 1. The van der Waals surface area contributed by atoms with Crippen molar-refractivity contribution in [3.8, 4) is 0 Å². The summed E-state index contributed by atoms with van der Waals surface area (Å²) >= 11 is 6.19. The van der Waals surface area contributed by atoms with E-state index in [4.69, 9.17) is 11.6 Å². The third-order valence-electron chi connectivity index (χ3n) is 4.59. The number of piperidine rings is 1. The second kappa shape index (κ2) is 5.82. The number of hydrogen-bond donors (Lipinski definition) is 2. The van der Waals surface area contributed by atoms with Crippen molar-refractivity contribution in [3.63, 3.8) is 0 Å². The Kier molecular flexibility index (Phi) is 4.05. The fourth-order valence-corrected chi connectivity index (χ4v) is 3.68. The number of likely N-dealkylation sites (tertiary alicyclic amines) is 1. The van der Waals surface area contributed by atoms with Gasteiger partial charge in [0.1, 0.15) is 6.54 Å². The third-order valence-corrected chi connectivity index (χ3v) is 4.90. The number of nitrogens with one attached hydrogen (secondary N) is 2. The number of rotatable bonds is 2. The highest BCUT2D eigenvalue weighted by molar-refractivity contribution is 6.35. The Bertz CT molecular complexity index is 723. The van der Waals surface area contributed by atoms with Crippen molar-refractivity contribution in [1.29, 1.82) is 0 Å². The molecule has 2 N–H and O–H groups in total. The molecular weight excluding hydrogens is 284 g/mol. The Labute approximate surface area is 129 Å². The van der Waals surface area contributed by atoms with E-state index in [1.807, 2.05) is 25.1 Å². The lowest BCUT2D eigenvalue weighted by atomic mass is 9.99. The van der Waals surface area contributed by atoms with Crippen molar-refractivity contribution in [3.05, 3.63) is 44.7 Å². The number of fused-ring (bicyclic) bond motifs is 1. The van der Waals surface area contributed by atoms with Gasteiger partial charge < -0.3 is 9.88 Å². The first kappa shape index (κ1) is 14.6. The van der Waals surface area contributed by atoms with E-state index in [0.717, 1.165) is 42.3 Å². The maximum Gasteiger partial charge on any atom is 0.198 e. The molecule has 0 aliphatic carbocycles. The van der Waals surface area contributed by atoms with Gasteiger partial charge in [0.05, 0.1) is 29.2 Å². The van der Waals surface area contributed by atoms with E-state index in [2.05, 4.69) is 11.9 Å². The number of para-hydroxylation sites is 1. The van der Waals surface area contributed by atoms with E-state index in [0.29, 0.717) is 10.4 Å². The molecule has 4 heteroatoms. The van der Waals surface area contributed by atoms with Crippen molar-refractivity contribution in [2.75, 3.05) is 13.1 Å². The second-order valence-corrected chi connectivity index (χ2v) is 6.76. The molecule has 1 unspecified atom stereocenters. The summed E-state index contributed by atoms with van der Waals surface area (Å²) in [5.74, 6) is 0.753. The van der Waals surface area contributed by atoms with Crippen molar-refractivity contribution in [2.45, 2.75) is 33.2 Å². The molecule has 0 bridgehead atoms. The number of quaternary nitrogens is 1. The smallest absolute Gasteiger partial charge is 0.198 e. The van der Waals surface area contributed by atoms with Gasteiger partial charge in [-0.25, -0.2) is 0 Å². The number of halogens is 1. The molecule has 1 fully saturated rings. The van der Waals surface area contributed by atoms with E-state index in [1.165, 1.54) is 17.7 Å². The van der Waals surface area contributed by atoms with E-state index in [-0.39, 0.29) is 5.43 Å². The number of aromatic nitrogens is 1. The molecule has 0 amide bonds. The molecule has 112 valence electrons.